The first-order valence-corrected chi connectivity index (χ1v) is 5.49. The van der Waals surface area contributed by atoms with E-state index in [-0.39, 0.29) is 5.97 Å². The van der Waals surface area contributed by atoms with Crippen LogP contribution >= 0.6 is 0 Å². The summed E-state index contributed by atoms with van der Waals surface area (Å²) >= 11 is 0. The summed E-state index contributed by atoms with van der Waals surface area (Å²) in [5, 5.41) is 3.43. The smallest absolute Gasteiger partial charge is 0.319 e. The minimum absolute atomic E-state index is 0.224. The lowest BCUT2D eigenvalue weighted by molar-refractivity contribution is -0.143. The molecule has 0 N–H and O–H groups in total. The molecule has 0 unspecified atom stereocenters. The molecule has 0 aliphatic carbocycles. The molecule has 0 aromatic rings. The Hall–Kier alpha value is -0.860. The summed E-state index contributed by atoms with van der Waals surface area (Å²) in [6, 6.07) is 0. The van der Waals surface area contributed by atoms with Gasteiger partial charge in [0.15, 0.2) is 0 Å². The second kappa shape index (κ2) is 10.2. The first-order valence-electron chi connectivity index (χ1n) is 5.49. The minimum atomic E-state index is -0.224. The largest absolute Gasteiger partial charge is 0.334 e. The van der Waals surface area contributed by atoms with Crippen LogP contribution < -0.4 is 0 Å². The molecule has 0 bridgehead atoms. The number of hydrogen-bond donors (Lipinski definition) is 0. The Labute approximate surface area is 86.5 Å². The van der Waals surface area contributed by atoms with E-state index in [1.807, 2.05) is 0 Å². The summed E-state index contributed by atoms with van der Waals surface area (Å²) < 4.78 is 0. The highest BCUT2D eigenvalue weighted by molar-refractivity contribution is 5.69. The van der Waals surface area contributed by atoms with E-state index < -0.39 is 0 Å². The van der Waals surface area contributed by atoms with Crippen LogP contribution in [-0.4, -0.2) is 12.2 Å². The van der Waals surface area contributed by atoms with Gasteiger partial charge in [-0.1, -0.05) is 44.2 Å². The Balaban J connectivity index is 3.15. The first-order chi connectivity index (χ1) is 6.81. The number of oxime groups is 1. The van der Waals surface area contributed by atoms with Crippen molar-refractivity contribution in [3.63, 3.8) is 0 Å². The summed E-state index contributed by atoms with van der Waals surface area (Å²) in [6.07, 6.45) is 9.05. The molecule has 0 spiro atoms. The molecule has 0 fully saturated rings. The van der Waals surface area contributed by atoms with E-state index in [9.17, 15) is 4.79 Å². The number of carbonyl (C=O) groups excluding carboxylic acids is 1. The van der Waals surface area contributed by atoms with E-state index in [0.717, 1.165) is 12.8 Å². The zero-order chi connectivity index (χ0) is 10.6. The Kier molecular flexibility index (Phi) is 9.59. The first kappa shape index (κ1) is 13.1. The van der Waals surface area contributed by atoms with E-state index in [2.05, 4.69) is 16.9 Å². The van der Waals surface area contributed by atoms with Gasteiger partial charge in [0, 0.05) is 12.6 Å². The molecule has 0 saturated heterocycles. The molecule has 14 heavy (non-hydrogen) atoms. The zero-order valence-electron chi connectivity index (χ0n) is 9.29. The second-order valence-corrected chi connectivity index (χ2v) is 3.34. The van der Waals surface area contributed by atoms with Crippen LogP contribution in [0.15, 0.2) is 5.16 Å². The predicted molar refractivity (Wildman–Crippen MR) is 58.3 cm³/mol. The van der Waals surface area contributed by atoms with Crippen molar-refractivity contribution in [2.75, 3.05) is 0 Å². The molecular weight excluding hydrogens is 178 g/mol. The molecule has 0 radical (unpaired) electrons. The fourth-order valence-corrected chi connectivity index (χ4v) is 1.21. The fraction of sp³-hybridized carbons (Fsp3) is 0.818. The van der Waals surface area contributed by atoms with Crippen LogP contribution in [0.4, 0.5) is 0 Å². The van der Waals surface area contributed by atoms with Crippen molar-refractivity contribution in [1.29, 1.82) is 0 Å². The van der Waals surface area contributed by atoms with Crippen molar-refractivity contribution in [2.45, 2.75) is 58.8 Å². The Morgan fingerprint density at radius 2 is 1.86 bits per heavy atom. The van der Waals surface area contributed by atoms with Gasteiger partial charge in [-0.05, 0) is 13.3 Å². The minimum Gasteiger partial charge on any atom is -0.319 e. The van der Waals surface area contributed by atoms with Crippen LogP contribution in [0.3, 0.4) is 0 Å². The average Bonchev–Trinajstić information content (AvgIpc) is 2.20. The maximum Gasteiger partial charge on any atom is 0.334 e. The van der Waals surface area contributed by atoms with Crippen LogP contribution in [0, 0.1) is 0 Å². The van der Waals surface area contributed by atoms with E-state index in [1.54, 1.807) is 6.92 Å². The molecular formula is C11H21NO2. The lowest BCUT2D eigenvalue weighted by Crippen LogP contribution is -1.99. The van der Waals surface area contributed by atoms with Gasteiger partial charge in [0.1, 0.15) is 0 Å². The summed E-state index contributed by atoms with van der Waals surface area (Å²) in [7, 11) is 0. The lowest BCUT2D eigenvalue weighted by Gasteiger charge is -1.99. The quantitative estimate of drug-likeness (QED) is 0.260. The SMILES string of the molecule is CC=NOC(=O)CCCCCCCC. The molecule has 0 atom stereocenters. The van der Waals surface area contributed by atoms with Crippen LogP contribution in [0.5, 0.6) is 0 Å². The molecule has 82 valence electrons. The van der Waals surface area contributed by atoms with E-state index in [4.69, 9.17) is 0 Å². The Morgan fingerprint density at radius 1 is 1.21 bits per heavy atom. The summed E-state index contributed by atoms with van der Waals surface area (Å²) in [5.74, 6) is -0.224. The maximum atomic E-state index is 11.0. The number of carbonyl (C=O) groups is 1. The Bertz CT molecular complexity index is 167. The summed E-state index contributed by atoms with van der Waals surface area (Å²) in [5.41, 5.74) is 0. The average molecular weight is 199 g/mol. The van der Waals surface area contributed by atoms with Gasteiger partial charge in [-0.2, -0.15) is 0 Å². The van der Waals surface area contributed by atoms with Crippen molar-refractivity contribution < 1.29 is 9.63 Å². The lowest BCUT2D eigenvalue weighted by atomic mass is 10.1. The highest BCUT2D eigenvalue weighted by atomic mass is 16.7. The van der Waals surface area contributed by atoms with Crippen LogP contribution in [0.2, 0.25) is 0 Å². The van der Waals surface area contributed by atoms with Gasteiger partial charge in [-0.25, -0.2) is 4.79 Å². The molecule has 0 aliphatic heterocycles. The van der Waals surface area contributed by atoms with Crippen LogP contribution in [0.1, 0.15) is 58.8 Å². The van der Waals surface area contributed by atoms with Gasteiger partial charge in [0.05, 0.1) is 0 Å². The molecule has 0 aromatic carbocycles. The maximum absolute atomic E-state index is 11.0. The number of nitrogens with zero attached hydrogens (tertiary/aromatic N) is 1. The third kappa shape index (κ3) is 9.23. The van der Waals surface area contributed by atoms with Gasteiger partial charge >= 0.3 is 5.97 Å². The third-order valence-corrected chi connectivity index (χ3v) is 1.99. The third-order valence-electron chi connectivity index (χ3n) is 1.99. The standard InChI is InChI=1S/C11H21NO2/c1-3-5-6-7-8-9-10-11(13)14-12-4-2/h4H,3,5-10H2,1-2H3. The molecule has 0 saturated carbocycles. The highest BCUT2D eigenvalue weighted by Crippen LogP contribution is 2.07. The van der Waals surface area contributed by atoms with Crippen molar-refractivity contribution in [3.8, 4) is 0 Å². The van der Waals surface area contributed by atoms with Gasteiger partial charge < -0.3 is 4.84 Å². The van der Waals surface area contributed by atoms with Crippen molar-refractivity contribution in [1.82, 2.24) is 0 Å². The van der Waals surface area contributed by atoms with E-state index >= 15 is 0 Å². The zero-order valence-corrected chi connectivity index (χ0v) is 9.29. The van der Waals surface area contributed by atoms with Crippen LogP contribution in [-0.2, 0) is 9.63 Å². The van der Waals surface area contributed by atoms with Gasteiger partial charge in [-0.15, -0.1) is 0 Å². The van der Waals surface area contributed by atoms with Crippen molar-refractivity contribution in [2.24, 2.45) is 5.16 Å². The topological polar surface area (TPSA) is 38.7 Å². The van der Waals surface area contributed by atoms with E-state index in [1.165, 1.54) is 31.9 Å². The van der Waals surface area contributed by atoms with Gasteiger partial charge in [-0.3, -0.25) is 0 Å². The molecule has 0 aliphatic rings. The van der Waals surface area contributed by atoms with Gasteiger partial charge in [0.2, 0.25) is 0 Å². The van der Waals surface area contributed by atoms with E-state index in [0.29, 0.717) is 6.42 Å². The molecule has 3 heteroatoms. The monoisotopic (exact) mass is 199 g/mol. The fourth-order valence-electron chi connectivity index (χ4n) is 1.21. The molecule has 0 aromatic heterocycles. The summed E-state index contributed by atoms with van der Waals surface area (Å²) in [4.78, 5) is 15.5. The van der Waals surface area contributed by atoms with Gasteiger partial charge in [0.25, 0.3) is 0 Å². The van der Waals surface area contributed by atoms with Crippen LogP contribution in [0.25, 0.3) is 0 Å². The number of rotatable bonds is 8. The number of hydrogen-bond acceptors (Lipinski definition) is 3. The molecule has 0 heterocycles. The Morgan fingerprint density at radius 3 is 2.50 bits per heavy atom. The molecule has 0 amide bonds. The van der Waals surface area contributed by atoms with Crippen molar-refractivity contribution >= 4 is 12.2 Å². The normalized spacial score (nSPS) is 10.7. The molecule has 3 nitrogen and oxygen atoms in total. The number of unbranched alkanes of at least 4 members (excludes halogenated alkanes) is 5. The van der Waals surface area contributed by atoms with Crippen molar-refractivity contribution in [3.05, 3.63) is 0 Å². The molecule has 0 rings (SSSR count). The second-order valence-electron chi connectivity index (χ2n) is 3.34. The highest BCUT2D eigenvalue weighted by Gasteiger charge is 2.00. The summed E-state index contributed by atoms with van der Waals surface area (Å²) in [6.45, 7) is 3.91. The predicted octanol–water partition coefficient (Wildman–Crippen LogP) is 3.29.